The summed E-state index contributed by atoms with van der Waals surface area (Å²) < 4.78 is 1.66. The Morgan fingerprint density at radius 2 is 1.94 bits per heavy atom. The van der Waals surface area contributed by atoms with Gasteiger partial charge in [0.05, 0.1) is 16.3 Å². The van der Waals surface area contributed by atoms with Crippen molar-refractivity contribution in [3.8, 4) is 21.8 Å². The van der Waals surface area contributed by atoms with Gasteiger partial charge in [0.15, 0.2) is 5.82 Å². The third-order valence-electron chi connectivity index (χ3n) is 5.69. The Balaban J connectivity index is 1.19. The van der Waals surface area contributed by atoms with Gasteiger partial charge in [-0.3, -0.25) is 14.6 Å². The standard InChI is InChI=1S/C23H24N6OS/c1-28-20(14-18(27-28)16-6-3-2-4-7-16)23(30)24-17-9-11-29(12-10-17)22-15-19(25-26-22)21-8-5-13-31-21/h2-8,13-15,17H,9-12H2,1H3,(H,24,30)(H,25,26). The average molecular weight is 433 g/mol. The van der Waals surface area contributed by atoms with Crippen LogP contribution in [0.5, 0.6) is 0 Å². The van der Waals surface area contributed by atoms with Gasteiger partial charge in [-0.25, -0.2) is 0 Å². The zero-order valence-electron chi connectivity index (χ0n) is 17.3. The lowest BCUT2D eigenvalue weighted by atomic mass is 10.0. The second-order valence-corrected chi connectivity index (χ2v) is 8.70. The summed E-state index contributed by atoms with van der Waals surface area (Å²) in [6, 6.07) is 18.2. The number of nitrogens with zero attached hydrogens (tertiary/aromatic N) is 4. The number of carbonyl (C=O) groups is 1. The van der Waals surface area contributed by atoms with Gasteiger partial charge in [0, 0.05) is 37.8 Å². The molecule has 0 aliphatic carbocycles. The van der Waals surface area contributed by atoms with Gasteiger partial charge < -0.3 is 10.2 Å². The first-order chi connectivity index (χ1) is 15.2. The fourth-order valence-electron chi connectivity index (χ4n) is 3.97. The number of carbonyl (C=O) groups excluding carboxylic acids is 1. The first-order valence-corrected chi connectivity index (χ1v) is 11.3. The van der Waals surface area contributed by atoms with Crippen molar-refractivity contribution in [1.82, 2.24) is 25.3 Å². The molecule has 0 radical (unpaired) electrons. The van der Waals surface area contributed by atoms with Crippen molar-refractivity contribution < 1.29 is 4.79 Å². The van der Waals surface area contributed by atoms with E-state index in [1.54, 1.807) is 16.0 Å². The number of hydrogen-bond donors (Lipinski definition) is 2. The van der Waals surface area contributed by atoms with Gasteiger partial charge in [-0.15, -0.1) is 11.3 Å². The number of aromatic amines is 1. The van der Waals surface area contributed by atoms with Crippen LogP contribution in [0.4, 0.5) is 5.82 Å². The number of aromatic nitrogens is 4. The van der Waals surface area contributed by atoms with Crippen LogP contribution in [0.25, 0.3) is 21.8 Å². The van der Waals surface area contributed by atoms with E-state index in [0.29, 0.717) is 5.69 Å². The van der Waals surface area contributed by atoms with Gasteiger partial charge in [0.25, 0.3) is 5.91 Å². The van der Waals surface area contributed by atoms with Crippen LogP contribution in [0.1, 0.15) is 23.3 Å². The zero-order chi connectivity index (χ0) is 21.2. The van der Waals surface area contributed by atoms with Crippen molar-refractivity contribution in [2.45, 2.75) is 18.9 Å². The van der Waals surface area contributed by atoms with E-state index in [0.717, 1.165) is 48.7 Å². The second kappa shape index (κ2) is 8.39. The molecular formula is C23H24N6OS. The van der Waals surface area contributed by atoms with Crippen LogP contribution in [0, 0.1) is 0 Å². The van der Waals surface area contributed by atoms with Crippen molar-refractivity contribution in [1.29, 1.82) is 0 Å². The normalized spacial score (nSPS) is 14.7. The van der Waals surface area contributed by atoms with Crippen LogP contribution in [-0.2, 0) is 7.05 Å². The summed E-state index contributed by atoms with van der Waals surface area (Å²) in [6.07, 6.45) is 1.77. The number of rotatable bonds is 5. The third-order valence-corrected chi connectivity index (χ3v) is 6.59. The number of H-pyrrole nitrogens is 1. The molecule has 1 saturated heterocycles. The lowest BCUT2D eigenvalue weighted by molar-refractivity contribution is 0.0921. The maximum Gasteiger partial charge on any atom is 0.269 e. The van der Waals surface area contributed by atoms with Gasteiger partial charge in [-0.2, -0.15) is 10.2 Å². The van der Waals surface area contributed by atoms with E-state index in [-0.39, 0.29) is 11.9 Å². The topological polar surface area (TPSA) is 78.8 Å². The molecule has 7 nitrogen and oxygen atoms in total. The number of nitrogens with one attached hydrogen (secondary N) is 2. The number of benzene rings is 1. The number of thiophene rings is 1. The molecular weight excluding hydrogens is 408 g/mol. The minimum Gasteiger partial charge on any atom is -0.355 e. The van der Waals surface area contributed by atoms with Crippen LogP contribution in [0.15, 0.2) is 60.0 Å². The Bertz CT molecular complexity index is 1160. The van der Waals surface area contributed by atoms with Crippen LogP contribution in [-0.4, -0.2) is 45.0 Å². The summed E-state index contributed by atoms with van der Waals surface area (Å²) in [4.78, 5) is 16.3. The Morgan fingerprint density at radius 3 is 2.68 bits per heavy atom. The Labute approximate surface area is 184 Å². The molecule has 5 rings (SSSR count). The SMILES string of the molecule is Cn1nc(-c2ccccc2)cc1C(=O)NC1CCN(c2cc(-c3cccs3)[nH]n2)CC1. The van der Waals surface area contributed by atoms with E-state index in [1.165, 1.54) is 4.88 Å². The van der Waals surface area contributed by atoms with Crippen molar-refractivity contribution in [2.75, 3.05) is 18.0 Å². The molecule has 0 atom stereocenters. The lowest BCUT2D eigenvalue weighted by Crippen LogP contribution is -2.45. The van der Waals surface area contributed by atoms with Gasteiger partial charge in [-0.05, 0) is 30.4 Å². The quantitative estimate of drug-likeness (QED) is 0.501. The summed E-state index contributed by atoms with van der Waals surface area (Å²) in [5.41, 5.74) is 3.44. The maximum absolute atomic E-state index is 12.9. The number of hydrogen-bond acceptors (Lipinski definition) is 5. The van der Waals surface area contributed by atoms with Crippen LogP contribution in [0.3, 0.4) is 0 Å². The molecule has 0 spiro atoms. The van der Waals surface area contributed by atoms with Gasteiger partial charge in [0.1, 0.15) is 5.69 Å². The highest BCUT2D eigenvalue weighted by atomic mass is 32.1. The summed E-state index contributed by atoms with van der Waals surface area (Å²) in [5, 5.41) is 17.4. The minimum absolute atomic E-state index is 0.0737. The predicted molar refractivity (Wildman–Crippen MR) is 123 cm³/mol. The molecule has 8 heteroatoms. The zero-order valence-corrected chi connectivity index (χ0v) is 18.1. The first kappa shape index (κ1) is 19.6. The van der Waals surface area contributed by atoms with E-state index in [9.17, 15) is 4.79 Å². The molecule has 1 aliphatic rings. The maximum atomic E-state index is 12.9. The van der Waals surface area contributed by atoms with Crippen LogP contribution >= 0.6 is 11.3 Å². The van der Waals surface area contributed by atoms with E-state index < -0.39 is 0 Å². The molecule has 0 bridgehead atoms. The number of aryl methyl sites for hydroxylation is 1. The fourth-order valence-corrected chi connectivity index (χ4v) is 4.67. The Hall–Kier alpha value is -3.39. The van der Waals surface area contributed by atoms with E-state index >= 15 is 0 Å². The second-order valence-electron chi connectivity index (χ2n) is 7.76. The molecule has 3 aromatic heterocycles. The molecule has 2 N–H and O–H groups in total. The third kappa shape index (κ3) is 4.11. The molecule has 4 heterocycles. The summed E-state index contributed by atoms with van der Waals surface area (Å²) in [5.74, 6) is 0.891. The molecule has 0 saturated carbocycles. The highest BCUT2D eigenvalue weighted by Crippen LogP contribution is 2.27. The van der Waals surface area contributed by atoms with Crippen molar-refractivity contribution in [2.24, 2.45) is 7.05 Å². The minimum atomic E-state index is -0.0737. The monoisotopic (exact) mass is 432 g/mol. The number of amides is 1. The average Bonchev–Trinajstić information content (AvgIpc) is 3.55. The summed E-state index contributed by atoms with van der Waals surface area (Å²) in [6.45, 7) is 1.72. The van der Waals surface area contributed by atoms with E-state index in [2.05, 4.69) is 43.0 Å². The van der Waals surface area contributed by atoms with Gasteiger partial charge in [0.2, 0.25) is 0 Å². The summed E-state index contributed by atoms with van der Waals surface area (Å²) >= 11 is 1.70. The van der Waals surface area contributed by atoms with Crippen molar-refractivity contribution in [3.63, 3.8) is 0 Å². The molecule has 1 aromatic carbocycles. The lowest BCUT2D eigenvalue weighted by Gasteiger charge is -2.32. The molecule has 1 aliphatic heterocycles. The summed E-state index contributed by atoms with van der Waals surface area (Å²) in [7, 11) is 1.81. The van der Waals surface area contributed by atoms with Gasteiger partial charge in [-0.1, -0.05) is 36.4 Å². The molecule has 4 aromatic rings. The fraction of sp³-hybridized carbons (Fsp3) is 0.261. The molecule has 0 unspecified atom stereocenters. The number of anilines is 1. The van der Waals surface area contributed by atoms with Crippen LogP contribution in [0.2, 0.25) is 0 Å². The highest BCUT2D eigenvalue weighted by Gasteiger charge is 2.24. The van der Waals surface area contributed by atoms with Crippen molar-refractivity contribution >= 4 is 23.1 Å². The van der Waals surface area contributed by atoms with E-state index in [1.807, 2.05) is 49.5 Å². The van der Waals surface area contributed by atoms with Gasteiger partial charge >= 0.3 is 0 Å². The largest absolute Gasteiger partial charge is 0.355 e. The number of piperidine rings is 1. The smallest absolute Gasteiger partial charge is 0.269 e. The highest BCUT2D eigenvalue weighted by molar-refractivity contribution is 7.13. The Kier molecular flexibility index (Phi) is 5.30. The first-order valence-electron chi connectivity index (χ1n) is 10.4. The molecule has 158 valence electrons. The predicted octanol–water partition coefficient (Wildman–Crippen LogP) is 3.94. The molecule has 31 heavy (non-hydrogen) atoms. The van der Waals surface area contributed by atoms with E-state index in [4.69, 9.17) is 0 Å². The van der Waals surface area contributed by atoms with Crippen molar-refractivity contribution in [3.05, 3.63) is 65.7 Å². The van der Waals surface area contributed by atoms with Crippen LogP contribution < -0.4 is 10.2 Å². The molecule has 1 amide bonds. The molecule has 1 fully saturated rings. The Morgan fingerprint density at radius 1 is 1.13 bits per heavy atom.